The number of benzene rings is 1. The molecule has 0 aliphatic rings. The predicted octanol–water partition coefficient (Wildman–Crippen LogP) is 4.24. The van der Waals surface area contributed by atoms with Crippen molar-refractivity contribution in [3.8, 4) is 5.75 Å². The molecule has 0 saturated carbocycles. The van der Waals surface area contributed by atoms with E-state index in [0.29, 0.717) is 10.8 Å². The lowest BCUT2D eigenvalue weighted by molar-refractivity contribution is 0.415. The topological polar surface area (TPSA) is 34.2 Å². The molecule has 0 unspecified atom stereocenters. The Labute approximate surface area is 118 Å². The summed E-state index contributed by atoms with van der Waals surface area (Å²) >= 11 is 6.18. The van der Waals surface area contributed by atoms with Crippen molar-refractivity contribution < 1.29 is 4.74 Å². The normalized spacial score (nSPS) is 11.7. The van der Waals surface area contributed by atoms with Gasteiger partial charge in [-0.05, 0) is 12.1 Å². The van der Waals surface area contributed by atoms with Crippen LogP contribution in [0.25, 0.3) is 10.9 Å². The minimum atomic E-state index is -0.00728. The molecule has 0 bridgehead atoms. The van der Waals surface area contributed by atoms with Crippen LogP contribution in [0.15, 0.2) is 18.2 Å². The lowest BCUT2D eigenvalue weighted by atomic mass is 9.90. The van der Waals surface area contributed by atoms with Crippen LogP contribution >= 0.6 is 11.6 Å². The van der Waals surface area contributed by atoms with Gasteiger partial charge in [0.2, 0.25) is 0 Å². The first-order valence-corrected chi connectivity index (χ1v) is 6.61. The second kappa shape index (κ2) is 4.89. The first-order chi connectivity index (χ1) is 8.86. The summed E-state index contributed by atoms with van der Waals surface area (Å²) in [5.41, 5.74) is 2.94. The summed E-state index contributed by atoms with van der Waals surface area (Å²) in [6.07, 6.45) is 0. The molecule has 0 fully saturated rings. The van der Waals surface area contributed by atoms with Gasteiger partial charge in [-0.2, -0.15) is 0 Å². The Balaban J connectivity index is 2.78. The standard InChI is InChI=1S/C15H19ClN2O/c1-15(2,3)14-8-11(17-4)9-6-10(16)13(19-5)7-12(9)18-14/h6-8H,1-5H3,(H,17,18). The lowest BCUT2D eigenvalue weighted by Crippen LogP contribution is -2.14. The van der Waals surface area contributed by atoms with Gasteiger partial charge in [0.1, 0.15) is 5.75 Å². The second-order valence-corrected chi connectivity index (χ2v) is 5.97. The average Bonchev–Trinajstić information content (AvgIpc) is 2.35. The van der Waals surface area contributed by atoms with Gasteiger partial charge in [-0.15, -0.1) is 0 Å². The van der Waals surface area contributed by atoms with Crippen LogP contribution in [0, 0.1) is 0 Å². The number of hydrogen-bond donors (Lipinski definition) is 1. The highest BCUT2D eigenvalue weighted by Gasteiger charge is 2.18. The van der Waals surface area contributed by atoms with Crippen LogP contribution in [0.5, 0.6) is 5.75 Å². The highest BCUT2D eigenvalue weighted by atomic mass is 35.5. The van der Waals surface area contributed by atoms with Gasteiger partial charge in [-0.1, -0.05) is 32.4 Å². The van der Waals surface area contributed by atoms with Crippen LogP contribution in [0.3, 0.4) is 0 Å². The molecule has 2 aromatic rings. The molecule has 0 aliphatic heterocycles. The summed E-state index contributed by atoms with van der Waals surface area (Å²) < 4.78 is 5.26. The number of nitrogens with zero attached hydrogens (tertiary/aromatic N) is 1. The van der Waals surface area contributed by atoms with Crippen LogP contribution in [0.1, 0.15) is 26.5 Å². The second-order valence-electron chi connectivity index (χ2n) is 5.56. The van der Waals surface area contributed by atoms with Crippen LogP contribution in [0.4, 0.5) is 5.69 Å². The van der Waals surface area contributed by atoms with Gasteiger partial charge in [-0.25, -0.2) is 0 Å². The van der Waals surface area contributed by atoms with Gasteiger partial charge in [0, 0.05) is 35.3 Å². The van der Waals surface area contributed by atoms with Crippen molar-refractivity contribution in [2.24, 2.45) is 0 Å². The van der Waals surface area contributed by atoms with E-state index in [9.17, 15) is 0 Å². The van der Waals surface area contributed by atoms with Gasteiger partial charge in [-0.3, -0.25) is 4.98 Å². The molecule has 0 atom stereocenters. The molecule has 19 heavy (non-hydrogen) atoms. The third-order valence-corrected chi connectivity index (χ3v) is 3.42. The summed E-state index contributed by atoms with van der Waals surface area (Å²) in [7, 11) is 3.51. The number of hydrogen-bond acceptors (Lipinski definition) is 3. The highest BCUT2D eigenvalue weighted by Crippen LogP contribution is 2.35. The minimum Gasteiger partial charge on any atom is -0.495 e. The van der Waals surface area contributed by atoms with E-state index in [1.165, 1.54) is 0 Å². The molecule has 1 aromatic heterocycles. The van der Waals surface area contributed by atoms with Crippen molar-refractivity contribution in [3.63, 3.8) is 0 Å². The number of nitrogens with one attached hydrogen (secondary N) is 1. The maximum absolute atomic E-state index is 6.18. The van der Waals surface area contributed by atoms with E-state index in [0.717, 1.165) is 22.3 Å². The lowest BCUT2D eigenvalue weighted by Gasteiger charge is -2.20. The van der Waals surface area contributed by atoms with Gasteiger partial charge in [0.05, 0.1) is 17.6 Å². The first-order valence-electron chi connectivity index (χ1n) is 6.23. The molecule has 3 nitrogen and oxygen atoms in total. The molecule has 1 aromatic carbocycles. The molecule has 0 radical (unpaired) electrons. The first kappa shape index (κ1) is 13.9. The number of rotatable bonds is 2. The number of anilines is 1. The molecule has 0 aliphatic carbocycles. The van der Waals surface area contributed by atoms with Crippen LogP contribution in [-0.4, -0.2) is 19.1 Å². The fraction of sp³-hybridized carbons (Fsp3) is 0.400. The molecule has 1 heterocycles. The van der Waals surface area contributed by atoms with Gasteiger partial charge in [0.25, 0.3) is 0 Å². The van der Waals surface area contributed by atoms with Crippen molar-refractivity contribution in [3.05, 3.63) is 28.9 Å². The fourth-order valence-electron chi connectivity index (χ4n) is 1.97. The zero-order valence-corrected chi connectivity index (χ0v) is 12.7. The minimum absolute atomic E-state index is 0.00728. The van der Waals surface area contributed by atoms with E-state index < -0.39 is 0 Å². The number of ether oxygens (including phenoxy) is 1. The third kappa shape index (κ3) is 2.61. The molecular formula is C15H19ClN2O. The van der Waals surface area contributed by atoms with Crippen molar-refractivity contribution in [1.82, 2.24) is 4.98 Å². The molecule has 1 N–H and O–H groups in total. The molecule has 0 saturated heterocycles. The Kier molecular flexibility index (Phi) is 3.59. The Morgan fingerprint density at radius 3 is 2.42 bits per heavy atom. The molecule has 102 valence electrons. The summed E-state index contributed by atoms with van der Waals surface area (Å²) in [5, 5.41) is 4.80. The molecule has 4 heteroatoms. The SMILES string of the molecule is CNc1cc(C(C)(C)C)nc2cc(OC)c(Cl)cc12. The summed E-state index contributed by atoms with van der Waals surface area (Å²) in [6, 6.07) is 5.85. The van der Waals surface area contributed by atoms with Crippen molar-refractivity contribution in [2.75, 3.05) is 19.5 Å². The maximum Gasteiger partial charge on any atom is 0.139 e. The number of methoxy groups -OCH3 is 1. The monoisotopic (exact) mass is 278 g/mol. The van der Waals surface area contributed by atoms with Gasteiger partial charge >= 0.3 is 0 Å². The van der Waals surface area contributed by atoms with Crippen molar-refractivity contribution in [1.29, 1.82) is 0 Å². The predicted molar refractivity (Wildman–Crippen MR) is 81.6 cm³/mol. The van der Waals surface area contributed by atoms with Crippen LogP contribution < -0.4 is 10.1 Å². The number of halogens is 1. The molecule has 2 rings (SSSR count). The van der Waals surface area contributed by atoms with Crippen LogP contribution in [-0.2, 0) is 5.41 Å². The summed E-state index contributed by atoms with van der Waals surface area (Å²) in [5.74, 6) is 0.648. The maximum atomic E-state index is 6.18. The van der Waals surface area contributed by atoms with E-state index in [2.05, 4.69) is 32.2 Å². The fourth-order valence-corrected chi connectivity index (χ4v) is 2.22. The largest absolute Gasteiger partial charge is 0.495 e. The van der Waals surface area contributed by atoms with Gasteiger partial charge in [0.15, 0.2) is 0 Å². The molecular weight excluding hydrogens is 260 g/mol. The zero-order chi connectivity index (χ0) is 14.2. The highest BCUT2D eigenvalue weighted by molar-refractivity contribution is 6.33. The average molecular weight is 279 g/mol. The Morgan fingerprint density at radius 1 is 1.21 bits per heavy atom. The summed E-state index contributed by atoms with van der Waals surface area (Å²) in [6.45, 7) is 6.44. The third-order valence-electron chi connectivity index (χ3n) is 3.12. The van der Waals surface area contributed by atoms with Crippen molar-refractivity contribution in [2.45, 2.75) is 26.2 Å². The van der Waals surface area contributed by atoms with Crippen LogP contribution in [0.2, 0.25) is 5.02 Å². The van der Waals surface area contributed by atoms with E-state index in [1.54, 1.807) is 7.11 Å². The van der Waals surface area contributed by atoms with Crippen molar-refractivity contribution >= 4 is 28.2 Å². The smallest absolute Gasteiger partial charge is 0.139 e. The van der Waals surface area contributed by atoms with E-state index in [4.69, 9.17) is 21.3 Å². The van der Waals surface area contributed by atoms with E-state index >= 15 is 0 Å². The number of fused-ring (bicyclic) bond motifs is 1. The zero-order valence-electron chi connectivity index (χ0n) is 12.0. The Morgan fingerprint density at radius 2 is 1.89 bits per heavy atom. The molecule has 0 amide bonds. The Hall–Kier alpha value is -1.48. The quantitative estimate of drug-likeness (QED) is 0.892. The Bertz CT molecular complexity index is 618. The molecule has 0 spiro atoms. The van der Waals surface area contributed by atoms with Gasteiger partial charge < -0.3 is 10.1 Å². The number of pyridine rings is 1. The summed E-state index contributed by atoms with van der Waals surface area (Å²) in [4.78, 5) is 4.73. The van der Waals surface area contributed by atoms with E-state index in [-0.39, 0.29) is 5.41 Å². The van der Waals surface area contributed by atoms with E-state index in [1.807, 2.05) is 19.2 Å². The number of aromatic nitrogens is 1.